The minimum absolute atomic E-state index is 0.165. The summed E-state index contributed by atoms with van der Waals surface area (Å²) in [5, 5.41) is 10.0. The number of rotatable bonds is 8. The van der Waals surface area contributed by atoms with Gasteiger partial charge >= 0.3 is 0 Å². The van der Waals surface area contributed by atoms with E-state index in [1.807, 2.05) is 32.0 Å². The third-order valence-corrected chi connectivity index (χ3v) is 3.62. The van der Waals surface area contributed by atoms with Crippen molar-refractivity contribution in [3.63, 3.8) is 0 Å². The molecule has 0 aliphatic rings. The van der Waals surface area contributed by atoms with E-state index in [4.69, 9.17) is 15.2 Å². The number of benzene rings is 1. The van der Waals surface area contributed by atoms with E-state index in [-0.39, 0.29) is 12.0 Å². The van der Waals surface area contributed by atoms with Gasteiger partial charge in [0.05, 0.1) is 19.8 Å². The molecule has 0 aliphatic carbocycles. The van der Waals surface area contributed by atoms with Crippen molar-refractivity contribution in [2.45, 2.75) is 51.7 Å². The predicted molar refractivity (Wildman–Crippen MR) is 81.5 cm³/mol. The lowest BCUT2D eigenvalue weighted by atomic mass is 9.91. The highest BCUT2D eigenvalue weighted by molar-refractivity contribution is 5.43. The van der Waals surface area contributed by atoms with E-state index in [2.05, 4.69) is 6.92 Å². The molecule has 0 aliphatic heterocycles. The van der Waals surface area contributed by atoms with Gasteiger partial charge in [-0.2, -0.15) is 0 Å². The fourth-order valence-electron chi connectivity index (χ4n) is 2.21. The minimum Gasteiger partial charge on any atom is -0.493 e. The Hall–Kier alpha value is -1.26. The summed E-state index contributed by atoms with van der Waals surface area (Å²) in [7, 11) is 1.63. The van der Waals surface area contributed by atoms with Crippen molar-refractivity contribution in [3.05, 3.63) is 23.8 Å². The first-order chi connectivity index (χ1) is 9.53. The normalized spacial score (nSPS) is 15.5. The molecule has 114 valence electrons. The molecule has 0 radical (unpaired) electrons. The average Bonchev–Trinajstić information content (AvgIpc) is 2.46. The van der Waals surface area contributed by atoms with Gasteiger partial charge < -0.3 is 20.3 Å². The molecule has 4 nitrogen and oxygen atoms in total. The van der Waals surface area contributed by atoms with Gasteiger partial charge in [-0.1, -0.05) is 19.9 Å². The highest BCUT2D eigenvalue weighted by Gasteiger charge is 2.18. The Balaban J connectivity index is 2.80. The fourth-order valence-corrected chi connectivity index (χ4v) is 2.21. The lowest BCUT2D eigenvalue weighted by molar-refractivity contribution is 0.126. The fraction of sp³-hybridized carbons (Fsp3) is 0.625. The van der Waals surface area contributed by atoms with Crippen LogP contribution in [0.15, 0.2) is 18.2 Å². The molecule has 0 heterocycles. The van der Waals surface area contributed by atoms with Crippen LogP contribution in [-0.4, -0.2) is 31.0 Å². The van der Waals surface area contributed by atoms with Crippen LogP contribution in [0.3, 0.4) is 0 Å². The van der Waals surface area contributed by atoms with Crippen LogP contribution in [0.5, 0.6) is 11.5 Å². The molecule has 0 amide bonds. The van der Waals surface area contributed by atoms with Gasteiger partial charge in [0, 0.05) is 6.04 Å². The molecule has 1 rings (SSSR count). The van der Waals surface area contributed by atoms with Crippen molar-refractivity contribution in [3.8, 4) is 11.5 Å². The van der Waals surface area contributed by atoms with E-state index in [0.717, 1.165) is 23.5 Å². The second-order valence-corrected chi connectivity index (χ2v) is 5.12. The molecular formula is C16H27NO3. The van der Waals surface area contributed by atoms with Crippen molar-refractivity contribution in [2.24, 2.45) is 5.73 Å². The van der Waals surface area contributed by atoms with Crippen molar-refractivity contribution in [1.29, 1.82) is 0 Å². The largest absolute Gasteiger partial charge is 0.493 e. The monoisotopic (exact) mass is 281 g/mol. The Bertz CT molecular complexity index is 409. The maximum atomic E-state index is 10.0. The lowest BCUT2D eigenvalue weighted by Crippen LogP contribution is -2.34. The molecule has 0 saturated carbocycles. The summed E-state index contributed by atoms with van der Waals surface area (Å²) < 4.78 is 10.9. The maximum Gasteiger partial charge on any atom is 0.161 e. The Morgan fingerprint density at radius 2 is 1.95 bits per heavy atom. The number of nitrogens with two attached hydrogens (primary N) is 1. The molecule has 3 N–H and O–H groups in total. The zero-order valence-electron chi connectivity index (χ0n) is 12.9. The molecule has 20 heavy (non-hydrogen) atoms. The van der Waals surface area contributed by atoms with Crippen molar-refractivity contribution >= 4 is 0 Å². The molecule has 0 aromatic heterocycles. The van der Waals surface area contributed by atoms with Gasteiger partial charge in [-0.25, -0.2) is 0 Å². The van der Waals surface area contributed by atoms with Crippen LogP contribution in [0.1, 0.15) is 45.1 Å². The second-order valence-electron chi connectivity index (χ2n) is 5.12. The summed E-state index contributed by atoms with van der Waals surface area (Å²) in [6, 6.07) is 5.74. The molecule has 1 aromatic carbocycles. The summed E-state index contributed by atoms with van der Waals surface area (Å²) in [6.07, 6.45) is 0.944. The van der Waals surface area contributed by atoms with E-state index in [1.54, 1.807) is 7.11 Å². The molecule has 0 spiro atoms. The minimum atomic E-state index is -0.479. The van der Waals surface area contributed by atoms with E-state index in [9.17, 15) is 5.11 Å². The van der Waals surface area contributed by atoms with Gasteiger partial charge in [-0.05, 0) is 43.4 Å². The molecular weight excluding hydrogens is 254 g/mol. The van der Waals surface area contributed by atoms with Crippen LogP contribution in [-0.2, 0) is 0 Å². The smallest absolute Gasteiger partial charge is 0.161 e. The quantitative estimate of drug-likeness (QED) is 0.769. The van der Waals surface area contributed by atoms with Crippen LogP contribution in [0.2, 0.25) is 0 Å². The van der Waals surface area contributed by atoms with Gasteiger partial charge in [0.25, 0.3) is 0 Å². The summed E-state index contributed by atoms with van der Waals surface area (Å²) >= 11 is 0. The zero-order chi connectivity index (χ0) is 15.1. The Kier molecular flexibility index (Phi) is 6.82. The van der Waals surface area contributed by atoms with Crippen molar-refractivity contribution in [1.82, 2.24) is 0 Å². The molecule has 4 heteroatoms. The van der Waals surface area contributed by atoms with Gasteiger partial charge in [-0.15, -0.1) is 0 Å². The Morgan fingerprint density at radius 1 is 1.25 bits per heavy atom. The van der Waals surface area contributed by atoms with Crippen LogP contribution in [0, 0.1) is 0 Å². The van der Waals surface area contributed by atoms with Crippen molar-refractivity contribution in [2.75, 3.05) is 13.7 Å². The van der Waals surface area contributed by atoms with Gasteiger partial charge in [-0.3, -0.25) is 0 Å². The third kappa shape index (κ3) is 4.39. The maximum absolute atomic E-state index is 10.0. The predicted octanol–water partition coefficient (Wildman–Crippen LogP) is 2.69. The molecule has 3 atom stereocenters. The first-order valence-corrected chi connectivity index (χ1v) is 7.27. The number of ether oxygens (including phenoxy) is 2. The first kappa shape index (κ1) is 16.8. The van der Waals surface area contributed by atoms with E-state index in [1.165, 1.54) is 0 Å². The number of hydrogen-bond donors (Lipinski definition) is 2. The Labute approximate surface area is 121 Å². The summed E-state index contributed by atoms with van der Waals surface area (Å²) in [5.41, 5.74) is 6.99. The molecule has 0 fully saturated rings. The van der Waals surface area contributed by atoms with Crippen LogP contribution < -0.4 is 15.2 Å². The third-order valence-electron chi connectivity index (χ3n) is 3.62. The van der Waals surface area contributed by atoms with Gasteiger partial charge in [0.15, 0.2) is 11.5 Å². The topological polar surface area (TPSA) is 64.7 Å². The first-order valence-electron chi connectivity index (χ1n) is 7.27. The SMILES string of the molecule is CCOc1ccc(C(C)CC(O)C(N)CC)cc1OC. The van der Waals surface area contributed by atoms with Crippen LogP contribution >= 0.6 is 0 Å². The highest BCUT2D eigenvalue weighted by Crippen LogP contribution is 2.32. The van der Waals surface area contributed by atoms with Gasteiger partial charge in [0.1, 0.15) is 0 Å². The number of hydrogen-bond acceptors (Lipinski definition) is 4. The highest BCUT2D eigenvalue weighted by atomic mass is 16.5. The standard InChI is InChI=1S/C16H27NO3/c1-5-13(17)14(18)9-11(3)12-7-8-15(20-6-2)16(10-12)19-4/h7-8,10-11,13-14,18H,5-6,9,17H2,1-4H3. The van der Waals surface area contributed by atoms with Crippen LogP contribution in [0.4, 0.5) is 0 Å². The Morgan fingerprint density at radius 3 is 2.50 bits per heavy atom. The number of aliphatic hydroxyl groups is 1. The number of methoxy groups -OCH3 is 1. The zero-order valence-corrected chi connectivity index (χ0v) is 12.9. The summed E-state index contributed by atoms with van der Waals surface area (Å²) in [6.45, 7) is 6.62. The van der Waals surface area contributed by atoms with Crippen molar-refractivity contribution < 1.29 is 14.6 Å². The number of aliphatic hydroxyl groups excluding tert-OH is 1. The molecule has 0 bridgehead atoms. The molecule has 3 unspecified atom stereocenters. The van der Waals surface area contributed by atoms with E-state index in [0.29, 0.717) is 13.0 Å². The van der Waals surface area contributed by atoms with Crippen LogP contribution in [0.25, 0.3) is 0 Å². The molecule has 1 aromatic rings. The van der Waals surface area contributed by atoms with Gasteiger partial charge in [0.2, 0.25) is 0 Å². The summed E-state index contributed by atoms with van der Waals surface area (Å²) in [4.78, 5) is 0. The lowest BCUT2D eigenvalue weighted by Gasteiger charge is -2.22. The van der Waals surface area contributed by atoms with E-state index >= 15 is 0 Å². The average molecular weight is 281 g/mol. The second kappa shape index (κ2) is 8.12. The summed E-state index contributed by atoms with van der Waals surface area (Å²) in [5.74, 6) is 1.69. The molecule has 0 saturated heterocycles. The van der Waals surface area contributed by atoms with E-state index < -0.39 is 6.10 Å².